The van der Waals surface area contributed by atoms with Gasteiger partial charge in [-0.1, -0.05) is 6.07 Å². The number of rotatable bonds is 5. The van der Waals surface area contributed by atoms with E-state index in [9.17, 15) is 4.79 Å². The van der Waals surface area contributed by atoms with Gasteiger partial charge in [0.2, 0.25) is 5.88 Å². The van der Waals surface area contributed by atoms with Crippen molar-refractivity contribution < 1.29 is 14.3 Å². The fourth-order valence-electron chi connectivity index (χ4n) is 2.70. The number of nitrogens with one attached hydrogen (secondary N) is 2. The van der Waals surface area contributed by atoms with Crippen molar-refractivity contribution in [2.75, 3.05) is 25.5 Å². The predicted octanol–water partition coefficient (Wildman–Crippen LogP) is 2.82. The van der Waals surface area contributed by atoms with Gasteiger partial charge in [-0.15, -0.1) is 29.9 Å². The van der Waals surface area contributed by atoms with E-state index in [4.69, 9.17) is 9.47 Å². The van der Waals surface area contributed by atoms with Crippen LogP contribution < -0.4 is 15.4 Å². The predicted molar refractivity (Wildman–Crippen MR) is 104 cm³/mol. The molecule has 0 saturated carbocycles. The van der Waals surface area contributed by atoms with Crippen molar-refractivity contribution in [2.45, 2.75) is 18.4 Å². The zero-order valence-corrected chi connectivity index (χ0v) is 15.9. The van der Waals surface area contributed by atoms with Crippen LogP contribution in [0.2, 0.25) is 0 Å². The Kier molecular flexibility index (Phi) is 8.74. The second-order valence-corrected chi connectivity index (χ2v) is 5.59. The number of benzene rings is 1. The van der Waals surface area contributed by atoms with Crippen molar-refractivity contribution in [1.29, 1.82) is 0 Å². The van der Waals surface area contributed by atoms with E-state index >= 15 is 0 Å². The molecule has 26 heavy (non-hydrogen) atoms. The molecule has 1 fully saturated rings. The molecule has 1 amide bonds. The number of amides is 1. The van der Waals surface area contributed by atoms with Crippen molar-refractivity contribution in [3.63, 3.8) is 0 Å². The summed E-state index contributed by atoms with van der Waals surface area (Å²) in [7, 11) is 1.58. The molecule has 2 aromatic rings. The zero-order valence-electron chi connectivity index (χ0n) is 14.3. The third kappa shape index (κ3) is 5.28. The number of halogens is 2. The Morgan fingerprint density at radius 2 is 1.96 bits per heavy atom. The van der Waals surface area contributed by atoms with Crippen LogP contribution in [0.15, 0.2) is 42.6 Å². The van der Waals surface area contributed by atoms with E-state index in [0.717, 1.165) is 13.1 Å². The lowest BCUT2D eigenvalue weighted by atomic mass is 9.91. The fraction of sp³-hybridized carbons (Fsp3) is 0.353. The summed E-state index contributed by atoms with van der Waals surface area (Å²) >= 11 is 0. The first-order chi connectivity index (χ1) is 11.7. The van der Waals surface area contributed by atoms with Gasteiger partial charge >= 0.3 is 0 Å². The third-order valence-electron chi connectivity index (χ3n) is 4.08. The highest BCUT2D eigenvalue weighted by Crippen LogP contribution is 2.26. The molecule has 142 valence electrons. The number of nitrogens with zero attached hydrogens (tertiary/aromatic N) is 2. The number of methoxy groups -OCH3 is 1. The topological polar surface area (TPSA) is 85.4 Å². The van der Waals surface area contributed by atoms with Crippen molar-refractivity contribution in [3.8, 4) is 11.6 Å². The van der Waals surface area contributed by atoms with Crippen LogP contribution in [0.25, 0.3) is 0 Å². The highest BCUT2D eigenvalue weighted by molar-refractivity contribution is 5.97. The summed E-state index contributed by atoms with van der Waals surface area (Å²) in [4.78, 5) is 12.7. The van der Waals surface area contributed by atoms with Gasteiger partial charge in [0.1, 0.15) is 11.4 Å². The van der Waals surface area contributed by atoms with Crippen LogP contribution in [0.1, 0.15) is 12.8 Å². The van der Waals surface area contributed by atoms with E-state index in [1.54, 1.807) is 37.6 Å². The molecule has 0 unspecified atom stereocenters. The normalized spacial score (nSPS) is 15.1. The van der Waals surface area contributed by atoms with Crippen molar-refractivity contribution in [1.82, 2.24) is 15.5 Å². The summed E-state index contributed by atoms with van der Waals surface area (Å²) in [5, 5.41) is 13.8. The molecule has 0 atom stereocenters. The first kappa shape index (κ1) is 22.1. The molecule has 1 aromatic carbocycles. The molecule has 1 aliphatic rings. The van der Waals surface area contributed by atoms with Gasteiger partial charge in [-0.25, -0.2) is 0 Å². The van der Waals surface area contributed by atoms with Gasteiger partial charge in [-0.3, -0.25) is 4.79 Å². The Labute approximate surface area is 164 Å². The lowest BCUT2D eigenvalue weighted by Crippen LogP contribution is -2.51. The minimum absolute atomic E-state index is 0. The second kappa shape index (κ2) is 10.3. The van der Waals surface area contributed by atoms with Crippen LogP contribution in [0.3, 0.4) is 0 Å². The molecule has 3 rings (SSSR count). The molecule has 1 aromatic heterocycles. The third-order valence-corrected chi connectivity index (χ3v) is 4.08. The summed E-state index contributed by atoms with van der Waals surface area (Å²) in [6.07, 6.45) is 2.86. The molecule has 2 N–H and O–H groups in total. The molecule has 0 radical (unpaired) electrons. The molecule has 7 nitrogen and oxygen atoms in total. The molecule has 0 aliphatic carbocycles. The molecule has 0 spiro atoms. The number of ether oxygens (including phenoxy) is 2. The minimum atomic E-state index is -0.785. The number of carbonyl (C=O) groups is 1. The van der Waals surface area contributed by atoms with Gasteiger partial charge in [0.15, 0.2) is 0 Å². The summed E-state index contributed by atoms with van der Waals surface area (Å²) in [6, 6.07) is 10.6. The van der Waals surface area contributed by atoms with Gasteiger partial charge in [0, 0.05) is 31.1 Å². The van der Waals surface area contributed by atoms with Crippen molar-refractivity contribution in [2.24, 2.45) is 0 Å². The van der Waals surface area contributed by atoms with Crippen LogP contribution in [0.4, 0.5) is 5.69 Å². The minimum Gasteiger partial charge on any atom is -0.437 e. The summed E-state index contributed by atoms with van der Waals surface area (Å²) in [6.45, 7) is 1.52. The van der Waals surface area contributed by atoms with E-state index in [-0.39, 0.29) is 30.7 Å². The van der Waals surface area contributed by atoms with Crippen LogP contribution in [0.5, 0.6) is 11.6 Å². The summed E-state index contributed by atoms with van der Waals surface area (Å²) < 4.78 is 11.2. The van der Waals surface area contributed by atoms with Gasteiger partial charge in [0.25, 0.3) is 5.91 Å². The van der Waals surface area contributed by atoms with Crippen molar-refractivity contribution >= 4 is 36.4 Å². The van der Waals surface area contributed by atoms with E-state index in [0.29, 0.717) is 30.2 Å². The smallest absolute Gasteiger partial charge is 0.256 e. The van der Waals surface area contributed by atoms with Crippen LogP contribution in [-0.2, 0) is 9.53 Å². The number of anilines is 1. The maximum Gasteiger partial charge on any atom is 0.256 e. The lowest BCUT2D eigenvalue weighted by Gasteiger charge is -2.34. The van der Waals surface area contributed by atoms with Crippen LogP contribution in [-0.4, -0.2) is 41.9 Å². The SMILES string of the molecule is COC1(C(=O)Nc2cccc(Oc3cccnn3)c2)CCNCC1.Cl.Cl. The second-order valence-electron chi connectivity index (χ2n) is 5.59. The first-order valence-corrected chi connectivity index (χ1v) is 7.85. The fourth-order valence-corrected chi connectivity index (χ4v) is 2.70. The molecule has 2 heterocycles. The maximum atomic E-state index is 12.7. The van der Waals surface area contributed by atoms with Gasteiger partial charge in [-0.05, 0) is 44.1 Å². The summed E-state index contributed by atoms with van der Waals surface area (Å²) in [5.41, 5.74) is -0.135. The Bertz CT molecular complexity index is 697. The highest BCUT2D eigenvalue weighted by atomic mass is 35.5. The maximum absolute atomic E-state index is 12.7. The number of piperidine rings is 1. The molecular weight excluding hydrogens is 379 g/mol. The molecule has 0 bridgehead atoms. The standard InChI is InChI=1S/C17H20N4O3.2ClH/c1-23-17(7-10-18-11-8-17)16(22)20-13-4-2-5-14(12-13)24-15-6-3-9-19-21-15;;/h2-6,9,12,18H,7-8,10-11H2,1H3,(H,20,22);2*1H. The monoisotopic (exact) mass is 400 g/mol. The van der Waals surface area contributed by atoms with E-state index in [1.165, 1.54) is 0 Å². The van der Waals surface area contributed by atoms with E-state index in [1.807, 2.05) is 12.1 Å². The van der Waals surface area contributed by atoms with Gasteiger partial charge < -0.3 is 20.1 Å². The first-order valence-electron chi connectivity index (χ1n) is 7.85. The zero-order chi connectivity index (χ0) is 16.8. The molecule has 1 aliphatic heterocycles. The summed E-state index contributed by atoms with van der Waals surface area (Å²) in [5.74, 6) is 0.834. The number of hydrogen-bond acceptors (Lipinski definition) is 6. The van der Waals surface area contributed by atoms with Gasteiger partial charge in [-0.2, -0.15) is 5.10 Å². The van der Waals surface area contributed by atoms with E-state index in [2.05, 4.69) is 20.8 Å². The highest BCUT2D eigenvalue weighted by Gasteiger charge is 2.39. The quantitative estimate of drug-likeness (QED) is 0.802. The van der Waals surface area contributed by atoms with E-state index < -0.39 is 5.60 Å². The van der Waals surface area contributed by atoms with Gasteiger partial charge in [0.05, 0.1) is 0 Å². The largest absolute Gasteiger partial charge is 0.437 e. The Morgan fingerprint density at radius 1 is 1.19 bits per heavy atom. The Hall–Kier alpha value is -1.93. The number of aromatic nitrogens is 2. The molecule has 1 saturated heterocycles. The molecular formula is C17H22Cl2N4O3. The Balaban J connectivity index is 0.00000169. The average molecular weight is 401 g/mol. The van der Waals surface area contributed by atoms with Crippen LogP contribution >= 0.6 is 24.8 Å². The average Bonchev–Trinajstić information content (AvgIpc) is 2.63. The number of carbonyl (C=O) groups excluding carboxylic acids is 1. The number of hydrogen-bond donors (Lipinski definition) is 2. The molecule has 9 heteroatoms. The van der Waals surface area contributed by atoms with Crippen LogP contribution in [0, 0.1) is 0 Å². The lowest BCUT2D eigenvalue weighted by molar-refractivity contribution is -0.140. The van der Waals surface area contributed by atoms with Crippen molar-refractivity contribution in [3.05, 3.63) is 42.6 Å². The Morgan fingerprint density at radius 3 is 2.62 bits per heavy atom.